The molecule has 0 bridgehead atoms. The predicted octanol–water partition coefficient (Wildman–Crippen LogP) is 3.88. The third kappa shape index (κ3) is 6.90. The van der Waals surface area contributed by atoms with Crippen molar-refractivity contribution in [2.24, 2.45) is 5.10 Å². The summed E-state index contributed by atoms with van der Waals surface area (Å²) >= 11 is 1.38. The Bertz CT molecular complexity index is 761. The summed E-state index contributed by atoms with van der Waals surface area (Å²) in [4.78, 5) is 15.8. The summed E-state index contributed by atoms with van der Waals surface area (Å²) in [6.07, 6.45) is 2.77. The Kier molecular flexibility index (Phi) is 8.57. The average molecular weight is 391 g/mol. The maximum Gasteiger partial charge on any atom is 0.311 e. The number of hydrogen-bond donors (Lipinski definition) is 1. The number of aromatic nitrogens is 1. The third-order valence-corrected chi connectivity index (χ3v) is 4.08. The van der Waals surface area contributed by atoms with E-state index in [2.05, 4.69) is 22.4 Å². The second-order valence-electron chi connectivity index (χ2n) is 5.48. The van der Waals surface area contributed by atoms with E-state index in [0.29, 0.717) is 36.4 Å². The lowest BCUT2D eigenvalue weighted by atomic mass is 10.2. The van der Waals surface area contributed by atoms with Gasteiger partial charge >= 0.3 is 5.97 Å². The smallest absolute Gasteiger partial charge is 0.311 e. The van der Waals surface area contributed by atoms with Crippen molar-refractivity contribution in [3.05, 3.63) is 34.8 Å². The maximum absolute atomic E-state index is 11.5. The van der Waals surface area contributed by atoms with Gasteiger partial charge in [-0.15, -0.1) is 11.3 Å². The van der Waals surface area contributed by atoms with Crippen LogP contribution in [-0.2, 0) is 16.0 Å². The molecule has 0 fully saturated rings. The first kappa shape index (κ1) is 20.7. The van der Waals surface area contributed by atoms with Crippen LogP contribution in [-0.4, -0.2) is 37.0 Å². The van der Waals surface area contributed by atoms with Crippen LogP contribution in [0.2, 0.25) is 0 Å². The number of esters is 1. The summed E-state index contributed by atoms with van der Waals surface area (Å²) < 4.78 is 16.2. The number of thiazole rings is 1. The minimum Gasteiger partial charge on any atom is -0.490 e. The van der Waals surface area contributed by atoms with E-state index in [0.717, 1.165) is 17.7 Å². The van der Waals surface area contributed by atoms with Crippen LogP contribution < -0.4 is 14.9 Å². The monoisotopic (exact) mass is 391 g/mol. The van der Waals surface area contributed by atoms with Gasteiger partial charge in [0.2, 0.25) is 5.13 Å². The van der Waals surface area contributed by atoms with E-state index in [1.54, 1.807) is 13.1 Å². The van der Waals surface area contributed by atoms with Crippen LogP contribution in [0.5, 0.6) is 11.5 Å². The number of rotatable bonds is 11. The highest BCUT2D eigenvalue weighted by Gasteiger charge is 2.08. The Morgan fingerprint density at radius 3 is 2.81 bits per heavy atom. The zero-order valence-electron chi connectivity index (χ0n) is 15.9. The van der Waals surface area contributed by atoms with E-state index < -0.39 is 0 Å². The fourth-order valence-corrected chi connectivity index (χ4v) is 2.83. The lowest BCUT2D eigenvalue weighted by molar-refractivity contribution is -0.142. The summed E-state index contributed by atoms with van der Waals surface area (Å²) in [6.45, 7) is 7.34. The van der Waals surface area contributed by atoms with Gasteiger partial charge in [0.15, 0.2) is 11.5 Å². The predicted molar refractivity (Wildman–Crippen MR) is 107 cm³/mol. The molecule has 0 radical (unpaired) electrons. The summed E-state index contributed by atoms with van der Waals surface area (Å²) in [5, 5.41) is 6.61. The first-order valence-corrected chi connectivity index (χ1v) is 9.82. The minimum atomic E-state index is -0.285. The van der Waals surface area contributed by atoms with Gasteiger partial charge in [-0.05, 0) is 44.0 Å². The molecule has 0 atom stereocenters. The molecule has 0 aliphatic rings. The Morgan fingerprint density at radius 2 is 2.07 bits per heavy atom. The number of ether oxygens (including phenoxy) is 3. The van der Waals surface area contributed by atoms with Crippen molar-refractivity contribution < 1.29 is 19.0 Å². The molecule has 2 rings (SSSR count). The molecule has 0 saturated heterocycles. The van der Waals surface area contributed by atoms with E-state index in [9.17, 15) is 4.79 Å². The zero-order chi connectivity index (χ0) is 19.5. The first-order chi connectivity index (χ1) is 13.2. The number of anilines is 1. The van der Waals surface area contributed by atoms with Crippen molar-refractivity contribution in [1.29, 1.82) is 0 Å². The van der Waals surface area contributed by atoms with Crippen molar-refractivity contribution in [3.8, 4) is 11.5 Å². The average Bonchev–Trinajstić information content (AvgIpc) is 3.08. The molecule has 1 N–H and O–H groups in total. The van der Waals surface area contributed by atoms with E-state index in [1.165, 1.54) is 11.3 Å². The Morgan fingerprint density at radius 1 is 1.22 bits per heavy atom. The molecule has 1 aromatic carbocycles. The summed E-state index contributed by atoms with van der Waals surface area (Å²) in [6, 6.07) is 5.67. The van der Waals surface area contributed by atoms with Crippen LogP contribution in [0.3, 0.4) is 0 Å². The second-order valence-corrected chi connectivity index (χ2v) is 6.34. The maximum atomic E-state index is 11.5. The number of carbonyl (C=O) groups is 1. The number of carbonyl (C=O) groups excluding carboxylic acids is 1. The molecule has 27 heavy (non-hydrogen) atoms. The molecule has 7 nitrogen and oxygen atoms in total. The van der Waals surface area contributed by atoms with E-state index in [4.69, 9.17) is 14.2 Å². The molecule has 8 heteroatoms. The van der Waals surface area contributed by atoms with Gasteiger partial charge in [-0.25, -0.2) is 4.98 Å². The molecule has 0 amide bonds. The Labute approximate surface area is 163 Å². The van der Waals surface area contributed by atoms with E-state index >= 15 is 0 Å². The Hall–Kier alpha value is -2.61. The molecule has 0 aliphatic carbocycles. The van der Waals surface area contributed by atoms with Gasteiger partial charge in [0.1, 0.15) is 0 Å². The highest BCUT2D eigenvalue weighted by molar-refractivity contribution is 7.13. The fourth-order valence-electron chi connectivity index (χ4n) is 2.17. The number of nitrogens with zero attached hydrogens (tertiary/aromatic N) is 2. The van der Waals surface area contributed by atoms with Crippen LogP contribution in [0.1, 0.15) is 38.4 Å². The number of hydrogen-bond acceptors (Lipinski definition) is 8. The fraction of sp³-hybridized carbons (Fsp3) is 0.421. The highest BCUT2D eigenvalue weighted by atomic mass is 32.1. The molecule has 2 aromatic rings. The van der Waals surface area contributed by atoms with Gasteiger partial charge < -0.3 is 14.2 Å². The van der Waals surface area contributed by atoms with Gasteiger partial charge in [0.05, 0.1) is 38.1 Å². The summed E-state index contributed by atoms with van der Waals surface area (Å²) in [5.41, 5.74) is 4.40. The van der Waals surface area contributed by atoms with Crippen molar-refractivity contribution in [3.63, 3.8) is 0 Å². The number of hydrazone groups is 1. The number of nitrogens with one attached hydrogen (secondary N) is 1. The minimum absolute atomic E-state index is 0.159. The largest absolute Gasteiger partial charge is 0.490 e. The molecule has 0 aliphatic heterocycles. The molecule has 0 spiro atoms. The summed E-state index contributed by atoms with van der Waals surface area (Å²) in [7, 11) is 0. The van der Waals surface area contributed by atoms with Crippen LogP contribution in [0.15, 0.2) is 28.7 Å². The standard InChI is InChI=1S/C19H25N3O4S/c1-4-9-26-16-8-7-14(10-17(16)24-5-2)12-20-22-19-21-15(13-27-19)11-18(23)25-6-3/h7-8,10,12-13H,4-6,9,11H2,1-3H3,(H,21,22). The molecule has 146 valence electrons. The van der Waals surface area contributed by atoms with Gasteiger partial charge in [-0.3, -0.25) is 10.2 Å². The third-order valence-electron chi connectivity index (χ3n) is 3.29. The molecule has 1 aromatic heterocycles. The van der Waals surface area contributed by atoms with E-state index in [-0.39, 0.29) is 12.4 Å². The first-order valence-electron chi connectivity index (χ1n) is 8.95. The molecular formula is C19H25N3O4S. The molecule has 1 heterocycles. The van der Waals surface area contributed by atoms with Crippen LogP contribution in [0.25, 0.3) is 0 Å². The molecule has 0 saturated carbocycles. The Balaban J connectivity index is 1.96. The van der Waals surface area contributed by atoms with Gasteiger partial charge in [0.25, 0.3) is 0 Å². The second kappa shape index (κ2) is 11.2. The number of benzene rings is 1. The normalized spacial score (nSPS) is 10.8. The van der Waals surface area contributed by atoms with Gasteiger partial charge in [-0.1, -0.05) is 6.92 Å². The van der Waals surface area contributed by atoms with E-state index in [1.807, 2.05) is 30.5 Å². The van der Waals surface area contributed by atoms with Crippen molar-refractivity contribution in [2.45, 2.75) is 33.6 Å². The van der Waals surface area contributed by atoms with Crippen molar-refractivity contribution >= 4 is 28.7 Å². The van der Waals surface area contributed by atoms with Gasteiger partial charge in [-0.2, -0.15) is 5.10 Å². The van der Waals surface area contributed by atoms with Crippen molar-refractivity contribution in [1.82, 2.24) is 4.98 Å². The van der Waals surface area contributed by atoms with Crippen molar-refractivity contribution in [2.75, 3.05) is 25.2 Å². The lowest BCUT2D eigenvalue weighted by Crippen LogP contribution is -2.07. The lowest BCUT2D eigenvalue weighted by Gasteiger charge is -2.11. The zero-order valence-corrected chi connectivity index (χ0v) is 16.7. The van der Waals surface area contributed by atoms with Crippen LogP contribution >= 0.6 is 11.3 Å². The SMILES string of the molecule is CCCOc1ccc(C=NNc2nc(CC(=O)OCC)cs2)cc1OCC. The van der Waals surface area contributed by atoms with Gasteiger partial charge in [0, 0.05) is 5.38 Å². The quantitative estimate of drug-likeness (QED) is 0.356. The highest BCUT2D eigenvalue weighted by Crippen LogP contribution is 2.28. The molecular weight excluding hydrogens is 366 g/mol. The van der Waals surface area contributed by atoms with Crippen LogP contribution in [0, 0.1) is 0 Å². The molecule has 0 unspecified atom stereocenters. The van der Waals surface area contributed by atoms with Crippen LogP contribution in [0.4, 0.5) is 5.13 Å². The summed E-state index contributed by atoms with van der Waals surface area (Å²) in [5.74, 6) is 1.14. The topological polar surface area (TPSA) is 82.0 Å².